The summed E-state index contributed by atoms with van der Waals surface area (Å²) in [7, 11) is 0. The van der Waals surface area contributed by atoms with Gasteiger partial charge < -0.3 is 9.84 Å². The van der Waals surface area contributed by atoms with E-state index in [1.54, 1.807) is 10.9 Å². The smallest absolute Gasteiger partial charge is 0.119 e. The van der Waals surface area contributed by atoms with E-state index in [-0.39, 0.29) is 6.61 Å². The van der Waals surface area contributed by atoms with E-state index in [9.17, 15) is 0 Å². The van der Waals surface area contributed by atoms with Crippen LogP contribution >= 0.6 is 0 Å². The number of aryl methyl sites for hydroxylation is 3. The molecule has 0 saturated carbocycles. The molecule has 0 fully saturated rings. The van der Waals surface area contributed by atoms with Crippen LogP contribution in [-0.4, -0.2) is 26.7 Å². The van der Waals surface area contributed by atoms with Gasteiger partial charge in [-0.25, -0.2) is 0 Å². The van der Waals surface area contributed by atoms with Crippen LogP contribution in [0.15, 0.2) is 24.4 Å². The van der Waals surface area contributed by atoms with Crippen molar-refractivity contribution in [3.05, 3.63) is 41.2 Å². The zero-order valence-corrected chi connectivity index (χ0v) is 11.3. The third-order valence-corrected chi connectivity index (χ3v) is 2.74. The van der Waals surface area contributed by atoms with E-state index in [1.165, 1.54) is 11.1 Å². The van der Waals surface area contributed by atoms with E-state index in [1.807, 2.05) is 12.1 Å². The Labute approximate surface area is 112 Å². The molecule has 0 aliphatic rings. The van der Waals surface area contributed by atoms with Crippen LogP contribution in [0.4, 0.5) is 0 Å². The first-order valence-corrected chi connectivity index (χ1v) is 6.38. The highest BCUT2D eigenvalue weighted by molar-refractivity contribution is 5.32. The van der Waals surface area contributed by atoms with Crippen LogP contribution in [-0.2, 0) is 13.2 Å². The summed E-state index contributed by atoms with van der Waals surface area (Å²) in [6.45, 7) is 5.42. The molecular formula is C14H19N3O2. The first-order chi connectivity index (χ1) is 9.17. The van der Waals surface area contributed by atoms with Gasteiger partial charge in [0.25, 0.3) is 0 Å². The molecule has 1 heterocycles. The van der Waals surface area contributed by atoms with Gasteiger partial charge in [-0.2, -0.15) is 0 Å². The molecule has 1 aromatic carbocycles. The Morgan fingerprint density at radius 2 is 1.95 bits per heavy atom. The molecule has 2 aromatic rings. The number of aliphatic hydroxyl groups excluding tert-OH is 1. The van der Waals surface area contributed by atoms with Crippen LogP contribution in [0.5, 0.6) is 5.75 Å². The summed E-state index contributed by atoms with van der Waals surface area (Å²) in [6.07, 6.45) is 2.60. The Kier molecular flexibility index (Phi) is 4.52. The highest BCUT2D eigenvalue weighted by atomic mass is 16.5. The van der Waals surface area contributed by atoms with E-state index in [0.717, 1.165) is 18.7 Å². The van der Waals surface area contributed by atoms with Crippen LogP contribution in [0.25, 0.3) is 0 Å². The van der Waals surface area contributed by atoms with E-state index < -0.39 is 0 Å². The lowest BCUT2D eigenvalue weighted by atomic mass is 10.1. The summed E-state index contributed by atoms with van der Waals surface area (Å²) in [6, 6.07) is 6.19. The number of ether oxygens (including phenoxy) is 1. The molecule has 1 N–H and O–H groups in total. The van der Waals surface area contributed by atoms with Crippen molar-refractivity contribution in [2.45, 2.75) is 33.4 Å². The predicted octanol–water partition coefficient (Wildman–Crippen LogP) is 1.86. The Morgan fingerprint density at radius 3 is 2.58 bits per heavy atom. The zero-order chi connectivity index (χ0) is 13.7. The van der Waals surface area contributed by atoms with Gasteiger partial charge in [0.15, 0.2) is 0 Å². The number of benzene rings is 1. The normalized spacial score (nSPS) is 10.7. The Bertz CT molecular complexity index is 517. The lowest BCUT2D eigenvalue weighted by molar-refractivity contribution is 0.276. The average Bonchev–Trinajstić information content (AvgIpc) is 2.81. The molecule has 0 saturated heterocycles. The highest BCUT2D eigenvalue weighted by Crippen LogP contribution is 2.16. The van der Waals surface area contributed by atoms with Crippen LogP contribution in [0.3, 0.4) is 0 Å². The number of rotatable bonds is 6. The monoisotopic (exact) mass is 261 g/mol. The molecule has 0 aliphatic heterocycles. The maximum absolute atomic E-state index is 8.88. The van der Waals surface area contributed by atoms with Crippen molar-refractivity contribution in [1.29, 1.82) is 0 Å². The maximum atomic E-state index is 8.88. The van der Waals surface area contributed by atoms with Gasteiger partial charge in [-0.05, 0) is 37.1 Å². The van der Waals surface area contributed by atoms with Crippen LogP contribution < -0.4 is 4.74 Å². The molecule has 0 atom stereocenters. The molecule has 0 unspecified atom stereocenters. The van der Waals surface area contributed by atoms with Gasteiger partial charge in [-0.15, -0.1) is 5.10 Å². The van der Waals surface area contributed by atoms with Crippen molar-refractivity contribution in [3.8, 4) is 5.75 Å². The van der Waals surface area contributed by atoms with E-state index in [0.29, 0.717) is 12.3 Å². The molecule has 5 nitrogen and oxygen atoms in total. The standard InChI is InChI=1S/C14H19N3O2/c1-11-6-12(2)8-14(7-11)19-5-3-4-17-9-13(10-18)15-16-17/h6-9,18H,3-5,10H2,1-2H3. The third kappa shape index (κ3) is 4.06. The van der Waals surface area contributed by atoms with Crippen molar-refractivity contribution < 1.29 is 9.84 Å². The second kappa shape index (κ2) is 6.33. The highest BCUT2D eigenvalue weighted by Gasteiger charge is 2.00. The van der Waals surface area contributed by atoms with Gasteiger partial charge in [0.2, 0.25) is 0 Å². The summed E-state index contributed by atoms with van der Waals surface area (Å²) in [4.78, 5) is 0. The first kappa shape index (κ1) is 13.5. The van der Waals surface area contributed by atoms with Crippen molar-refractivity contribution in [2.24, 2.45) is 0 Å². The Balaban J connectivity index is 1.77. The van der Waals surface area contributed by atoms with Crippen LogP contribution in [0.1, 0.15) is 23.2 Å². The fourth-order valence-electron chi connectivity index (χ4n) is 1.95. The van der Waals surface area contributed by atoms with Gasteiger partial charge in [0.1, 0.15) is 11.4 Å². The number of hydrogen-bond acceptors (Lipinski definition) is 4. The van der Waals surface area contributed by atoms with Gasteiger partial charge >= 0.3 is 0 Å². The predicted molar refractivity (Wildman–Crippen MR) is 72.0 cm³/mol. The molecule has 1 aromatic heterocycles. The van der Waals surface area contributed by atoms with Gasteiger partial charge in [-0.1, -0.05) is 11.3 Å². The molecule has 2 rings (SSSR count). The van der Waals surface area contributed by atoms with Gasteiger partial charge in [0.05, 0.1) is 19.4 Å². The molecule has 102 valence electrons. The summed E-state index contributed by atoms with van der Waals surface area (Å²) < 4.78 is 7.43. The van der Waals surface area contributed by atoms with Crippen molar-refractivity contribution in [2.75, 3.05) is 6.61 Å². The minimum Gasteiger partial charge on any atom is -0.494 e. The van der Waals surface area contributed by atoms with E-state index in [4.69, 9.17) is 9.84 Å². The second-order valence-electron chi connectivity index (χ2n) is 4.66. The fraction of sp³-hybridized carbons (Fsp3) is 0.429. The Morgan fingerprint density at radius 1 is 1.21 bits per heavy atom. The van der Waals surface area contributed by atoms with E-state index >= 15 is 0 Å². The van der Waals surface area contributed by atoms with Gasteiger partial charge in [-0.3, -0.25) is 4.68 Å². The quantitative estimate of drug-likeness (QED) is 0.806. The first-order valence-electron chi connectivity index (χ1n) is 6.38. The van der Waals surface area contributed by atoms with Gasteiger partial charge in [0, 0.05) is 13.0 Å². The number of hydrogen-bond donors (Lipinski definition) is 1. The van der Waals surface area contributed by atoms with Crippen molar-refractivity contribution >= 4 is 0 Å². The molecule has 5 heteroatoms. The average molecular weight is 261 g/mol. The van der Waals surface area contributed by atoms with E-state index in [2.05, 4.69) is 30.2 Å². The Hall–Kier alpha value is -1.88. The fourth-order valence-corrected chi connectivity index (χ4v) is 1.95. The molecule has 0 amide bonds. The van der Waals surface area contributed by atoms with Crippen molar-refractivity contribution in [1.82, 2.24) is 15.0 Å². The molecule has 0 bridgehead atoms. The SMILES string of the molecule is Cc1cc(C)cc(OCCCn2cc(CO)nn2)c1. The summed E-state index contributed by atoms with van der Waals surface area (Å²) in [5, 5.41) is 16.6. The summed E-state index contributed by atoms with van der Waals surface area (Å²) >= 11 is 0. The third-order valence-electron chi connectivity index (χ3n) is 2.74. The lowest BCUT2D eigenvalue weighted by Crippen LogP contribution is -2.05. The van der Waals surface area contributed by atoms with Crippen LogP contribution in [0, 0.1) is 13.8 Å². The zero-order valence-electron chi connectivity index (χ0n) is 11.3. The second-order valence-corrected chi connectivity index (χ2v) is 4.66. The van der Waals surface area contributed by atoms with Crippen molar-refractivity contribution in [3.63, 3.8) is 0 Å². The minimum absolute atomic E-state index is 0.0704. The number of aliphatic hydroxyl groups is 1. The largest absolute Gasteiger partial charge is 0.494 e. The number of aromatic nitrogens is 3. The topological polar surface area (TPSA) is 60.2 Å². The number of nitrogens with zero attached hydrogens (tertiary/aromatic N) is 3. The molecular weight excluding hydrogens is 242 g/mol. The maximum Gasteiger partial charge on any atom is 0.119 e. The molecule has 19 heavy (non-hydrogen) atoms. The summed E-state index contributed by atoms with van der Waals surface area (Å²) in [5.74, 6) is 0.909. The summed E-state index contributed by atoms with van der Waals surface area (Å²) in [5.41, 5.74) is 3.01. The van der Waals surface area contributed by atoms with Crippen LogP contribution in [0.2, 0.25) is 0 Å². The lowest BCUT2D eigenvalue weighted by Gasteiger charge is -2.08. The molecule has 0 aliphatic carbocycles. The molecule has 0 radical (unpaired) electrons. The molecule has 0 spiro atoms. The minimum atomic E-state index is -0.0704.